The van der Waals surface area contributed by atoms with Crippen LogP contribution in [0.3, 0.4) is 0 Å². The van der Waals surface area contributed by atoms with Crippen molar-refractivity contribution in [2.24, 2.45) is 0 Å². The molecule has 0 radical (unpaired) electrons. The summed E-state index contributed by atoms with van der Waals surface area (Å²) in [5.74, 6) is 1.10. The Balaban J connectivity index is 1.83. The summed E-state index contributed by atoms with van der Waals surface area (Å²) < 4.78 is 0. The minimum Gasteiger partial charge on any atom is -0.508 e. The number of rotatable bonds is 4. The minimum absolute atomic E-state index is 0.193. The molecule has 0 aliphatic carbocycles. The van der Waals surface area contributed by atoms with E-state index in [0.717, 1.165) is 5.69 Å². The molecular formula is C16H16N6O2. The van der Waals surface area contributed by atoms with Gasteiger partial charge < -0.3 is 15.7 Å². The first kappa shape index (κ1) is 15.5. The fourth-order valence-corrected chi connectivity index (χ4v) is 2.04. The number of hydrogen-bond donors (Lipinski definition) is 4. The Bertz CT molecular complexity index is 866. The zero-order valence-corrected chi connectivity index (χ0v) is 12.9. The number of nitrogens with one attached hydrogen (secondary N) is 3. The number of benzene rings is 1. The summed E-state index contributed by atoms with van der Waals surface area (Å²) in [6.07, 6.45) is 1.48. The lowest BCUT2D eigenvalue weighted by molar-refractivity contribution is 0.252. The average molecular weight is 324 g/mol. The molecule has 0 spiro atoms. The van der Waals surface area contributed by atoms with Crippen LogP contribution in [0.5, 0.6) is 5.75 Å². The van der Waals surface area contributed by atoms with Crippen molar-refractivity contribution in [1.82, 2.24) is 20.3 Å². The molecule has 0 bridgehead atoms. The molecule has 0 aliphatic heterocycles. The van der Waals surface area contributed by atoms with Crippen molar-refractivity contribution in [2.45, 2.75) is 6.92 Å². The topological polar surface area (TPSA) is 112 Å². The Hall–Kier alpha value is -3.42. The molecule has 0 saturated carbocycles. The lowest BCUT2D eigenvalue weighted by Crippen LogP contribution is -2.28. The summed E-state index contributed by atoms with van der Waals surface area (Å²) in [6, 6.07) is 9.86. The fraction of sp³-hybridized carbons (Fsp3) is 0.125. The largest absolute Gasteiger partial charge is 0.508 e. The number of phenolic OH excluding ortho intramolecular Hbond substituents is 1. The van der Waals surface area contributed by atoms with Crippen molar-refractivity contribution in [3.63, 3.8) is 0 Å². The molecule has 0 atom stereocenters. The maximum Gasteiger partial charge on any atom is 0.320 e. The predicted octanol–water partition coefficient (Wildman–Crippen LogP) is 2.62. The number of urea groups is 1. The predicted molar refractivity (Wildman–Crippen MR) is 91.4 cm³/mol. The average Bonchev–Trinajstić information content (AvgIpc) is 2.57. The normalized spacial score (nSPS) is 10.4. The van der Waals surface area contributed by atoms with Crippen LogP contribution in [0.2, 0.25) is 0 Å². The number of phenols is 1. The molecule has 3 rings (SSSR count). The van der Waals surface area contributed by atoms with E-state index in [9.17, 15) is 9.90 Å². The van der Waals surface area contributed by atoms with Gasteiger partial charge in [-0.1, -0.05) is 0 Å². The van der Waals surface area contributed by atoms with Crippen molar-refractivity contribution >= 4 is 34.5 Å². The number of fused-ring (bicyclic) bond motifs is 1. The number of carbonyl (C=O) groups excluding carboxylic acids is 1. The van der Waals surface area contributed by atoms with E-state index in [1.807, 2.05) is 6.92 Å². The van der Waals surface area contributed by atoms with Crippen molar-refractivity contribution in [3.8, 4) is 5.75 Å². The number of pyridine rings is 1. The Kier molecular flexibility index (Phi) is 4.37. The number of carbonyl (C=O) groups is 1. The first-order chi connectivity index (χ1) is 11.6. The van der Waals surface area contributed by atoms with Gasteiger partial charge in [0, 0.05) is 12.2 Å². The van der Waals surface area contributed by atoms with E-state index in [1.54, 1.807) is 36.4 Å². The lowest BCUT2D eigenvalue weighted by atomic mass is 10.3. The highest BCUT2D eigenvalue weighted by molar-refractivity contribution is 5.89. The van der Waals surface area contributed by atoms with Gasteiger partial charge in [0.15, 0.2) is 11.5 Å². The molecule has 122 valence electrons. The first-order valence-corrected chi connectivity index (χ1v) is 7.39. The molecule has 3 aromatic rings. The minimum atomic E-state index is -0.343. The van der Waals surface area contributed by atoms with Crippen LogP contribution in [0.25, 0.3) is 11.2 Å². The van der Waals surface area contributed by atoms with E-state index in [1.165, 1.54) is 6.20 Å². The van der Waals surface area contributed by atoms with Crippen LogP contribution in [0.1, 0.15) is 6.92 Å². The summed E-state index contributed by atoms with van der Waals surface area (Å²) >= 11 is 0. The van der Waals surface area contributed by atoms with E-state index in [-0.39, 0.29) is 11.8 Å². The van der Waals surface area contributed by atoms with E-state index < -0.39 is 0 Å². The van der Waals surface area contributed by atoms with Crippen molar-refractivity contribution in [3.05, 3.63) is 42.6 Å². The lowest BCUT2D eigenvalue weighted by Gasteiger charge is -2.08. The second-order valence-corrected chi connectivity index (χ2v) is 4.95. The Morgan fingerprint density at radius 3 is 2.58 bits per heavy atom. The molecule has 8 nitrogen and oxygen atoms in total. The van der Waals surface area contributed by atoms with Gasteiger partial charge in [-0.05, 0) is 43.3 Å². The molecule has 24 heavy (non-hydrogen) atoms. The number of aromatic hydroxyl groups is 1. The van der Waals surface area contributed by atoms with Gasteiger partial charge in [0.25, 0.3) is 0 Å². The third-order valence-corrected chi connectivity index (χ3v) is 3.13. The molecule has 2 amide bonds. The van der Waals surface area contributed by atoms with Gasteiger partial charge in [0.1, 0.15) is 17.1 Å². The van der Waals surface area contributed by atoms with Crippen LogP contribution < -0.4 is 16.0 Å². The Morgan fingerprint density at radius 1 is 1.08 bits per heavy atom. The third kappa shape index (κ3) is 3.67. The van der Waals surface area contributed by atoms with Gasteiger partial charge in [-0.3, -0.25) is 5.32 Å². The van der Waals surface area contributed by atoms with Crippen molar-refractivity contribution < 1.29 is 9.90 Å². The van der Waals surface area contributed by atoms with Crippen LogP contribution in [0.15, 0.2) is 42.6 Å². The van der Waals surface area contributed by atoms with Crippen LogP contribution in [-0.2, 0) is 0 Å². The standard InChI is InChI=1S/C16H16N6O2/c1-2-17-16(24)22-14-9-18-12-7-8-13(20-15(12)21-14)19-10-3-5-11(23)6-4-10/h3-9,23H,2H2,1H3,(H3,17,19,20,21,22,24). The molecule has 0 unspecified atom stereocenters. The van der Waals surface area contributed by atoms with Crippen LogP contribution >= 0.6 is 0 Å². The van der Waals surface area contributed by atoms with Crippen molar-refractivity contribution in [2.75, 3.05) is 17.2 Å². The maximum atomic E-state index is 11.5. The number of amides is 2. The SMILES string of the molecule is CCNC(=O)Nc1cnc2ccc(Nc3ccc(O)cc3)nc2n1. The maximum absolute atomic E-state index is 11.5. The summed E-state index contributed by atoms with van der Waals surface area (Å²) in [6.45, 7) is 2.35. The quantitative estimate of drug-likeness (QED) is 0.549. The number of nitrogens with zero attached hydrogens (tertiary/aromatic N) is 3. The van der Waals surface area contributed by atoms with Gasteiger partial charge in [0.2, 0.25) is 0 Å². The Morgan fingerprint density at radius 2 is 1.83 bits per heavy atom. The zero-order valence-electron chi connectivity index (χ0n) is 12.9. The number of anilines is 3. The van der Waals surface area contributed by atoms with Gasteiger partial charge >= 0.3 is 6.03 Å². The highest BCUT2D eigenvalue weighted by Gasteiger charge is 2.06. The van der Waals surface area contributed by atoms with Gasteiger partial charge in [-0.15, -0.1) is 0 Å². The van der Waals surface area contributed by atoms with Gasteiger partial charge in [-0.25, -0.2) is 19.7 Å². The molecule has 2 aromatic heterocycles. The van der Waals surface area contributed by atoms with E-state index >= 15 is 0 Å². The molecular weight excluding hydrogens is 308 g/mol. The highest BCUT2D eigenvalue weighted by atomic mass is 16.3. The molecule has 4 N–H and O–H groups in total. The van der Waals surface area contributed by atoms with E-state index in [4.69, 9.17) is 0 Å². The summed E-state index contributed by atoms with van der Waals surface area (Å²) in [4.78, 5) is 24.4. The number of aromatic nitrogens is 3. The molecule has 0 saturated heterocycles. The molecule has 2 heterocycles. The second kappa shape index (κ2) is 6.78. The molecule has 0 aliphatic rings. The number of hydrogen-bond acceptors (Lipinski definition) is 6. The van der Waals surface area contributed by atoms with Gasteiger partial charge in [0.05, 0.1) is 6.20 Å². The smallest absolute Gasteiger partial charge is 0.320 e. The van der Waals surface area contributed by atoms with E-state index in [2.05, 4.69) is 30.9 Å². The Labute approximate surface area is 138 Å². The third-order valence-electron chi connectivity index (χ3n) is 3.13. The first-order valence-electron chi connectivity index (χ1n) is 7.39. The monoisotopic (exact) mass is 324 g/mol. The summed E-state index contributed by atoms with van der Waals surface area (Å²) in [5, 5.41) is 17.6. The van der Waals surface area contributed by atoms with Crippen LogP contribution in [0.4, 0.5) is 22.1 Å². The molecule has 8 heteroatoms. The highest BCUT2D eigenvalue weighted by Crippen LogP contribution is 2.19. The van der Waals surface area contributed by atoms with Crippen molar-refractivity contribution in [1.29, 1.82) is 0 Å². The van der Waals surface area contributed by atoms with Crippen LogP contribution in [-0.4, -0.2) is 32.6 Å². The van der Waals surface area contributed by atoms with Gasteiger partial charge in [-0.2, -0.15) is 0 Å². The summed E-state index contributed by atoms with van der Waals surface area (Å²) in [5.41, 5.74) is 1.81. The second-order valence-electron chi connectivity index (χ2n) is 4.95. The fourth-order valence-electron chi connectivity index (χ4n) is 2.04. The zero-order chi connectivity index (χ0) is 16.9. The molecule has 0 fully saturated rings. The van der Waals surface area contributed by atoms with Crippen LogP contribution in [0, 0.1) is 0 Å². The molecule has 1 aromatic carbocycles. The van der Waals surface area contributed by atoms with E-state index in [0.29, 0.717) is 29.3 Å². The summed E-state index contributed by atoms with van der Waals surface area (Å²) in [7, 11) is 0.